The van der Waals surface area contributed by atoms with Crippen LogP contribution in [0.2, 0.25) is 0 Å². The van der Waals surface area contributed by atoms with Gasteiger partial charge in [-0.15, -0.1) is 0 Å². The fourth-order valence-corrected chi connectivity index (χ4v) is 3.50. The number of likely N-dealkylation sites (tertiary alicyclic amines) is 1. The molecule has 1 atom stereocenters. The Morgan fingerprint density at radius 3 is 2.88 bits per heavy atom. The van der Waals surface area contributed by atoms with Crippen molar-refractivity contribution in [2.75, 3.05) is 6.54 Å². The molecule has 2 fully saturated rings. The zero-order chi connectivity index (χ0) is 16.6. The van der Waals surface area contributed by atoms with Crippen LogP contribution in [-0.2, 0) is 11.2 Å². The first kappa shape index (κ1) is 15.4. The van der Waals surface area contributed by atoms with Crippen LogP contribution in [-0.4, -0.2) is 33.5 Å². The highest BCUT2D eigenvalue weighted by Crippen LogP contribution is 2.47. The van der Waals surface area contributed by atoms with Crippen molar-refractivity contribution in [3.8, 4) is 11.5 Å². The predicted octanol–water partition coefficient (Wildman–Crippen LogP) is 3.46. The van der Waals surface area contributed by atoms with Crippen molar-refractivity contribution < 1.29 is 9.32 Å². The largest absolute Gasteiger partial charge is 0.339 e. The van der Waals surface area contributed by atoms with E-state index in [1.54, 1.807) is 0 Å². The van der Waals surface area contributed by atoms with Gasteiger partial charge in [-0.25, -0.2) is 0 Å². The second kappa shape index (κ2) is 6.04. The Hall–Kier alpha value is -2.17. The molecule has 0 bridgehead atoms. The number of benzene rings is 1. The summed E-state index contributed by atoms with van der Waals surface area (Å²) in [5.41, 5.74) is 0.866. The van der Waals surface area contributed by atoms with Crippen LogP contribution in [0.3, 0.4) is 0 Å². The molecular weight excluding hydrogens is 302 g/mol. The van der Waals surface area contributed by atoms with Gasteiger partial charge in [0.05, 0.1) is 0 Å². The van der Waals surface area contributed by atoms with Gasteiger partial charge in [-0.1, -0.05) is 30.3 Å². The number of aryl methyl sites for hydroxylation is 1. The summed E-state index contributed by atoms with van der Waals surface area (Å²) >= 11 is 0. The predicted molar refractivity (Wildman–Crippen MR) is 90.1 cm³/mol. The van der Waals surface area contributed by atoms with E-state index in [1.165, 1.54) is 0 Å². The molecule has 2 aromatic rings. The molecule has 5 heteroatoms. The van der Waals surface area contributed by atoms with Gasteiger partial charge in [0, 0.05) is 30.0 Å². The topological polar surface area (TPSA) is 59.2 Å². The van der Waals surface area contributed by atoms with Crippen molar-refractivity contribution in [2.24, 2.45) is 5.41 Å². The number of hydrogen-bond donors (Lipinski definition) is 0. The normalized spacial score (nSPS) is 21.9. The molecule has 4 rings (SSSR count). The van der Waals surface area contributed by atoms with E-state index in [2.05, 4.69) is 22.0 Å². The lowest BCUT2D eigenvalue weighted by atomic mass is 10.0. The Balaban J connectivity index is 1.38. The van der Waals surface area contributed by atoms with Gasteiger partial charge in [-0.05, 0) is 44.2 Å². The molecule has 5 nitrogen and oxygen atoms in total. The summed E-state index contributed by atoms with van der Waals surface area (Å²) in [7, 11) is 0. The van der Waals surface area contributed by atoms with Crippen molar-refractivity contribution in [3.05, 3.63) is 36.2 Å². The van der Waals surface area contributed by atoms with Gasteiger partial charge in [-0.2, -0.15) is 4.98 Å². The fourth-order valence-electron chi connectivity index (χ4n) is 3.50. The van der Waals surface area contributed by atoms with Crippen molar-refractivity contribution >= 4 is 5.91 Å². The van der Waals surface area contributed by atoms with Crippen LogP contribution < -0.4 is 0 Å². The Labute approximate surface area is 142 Å². The van der Waals surface area contributed by atoms with E-state index in [0.29, 0.717) is 17.8 Å². The third-order valence-electron chi connectivity index (χ3n) is 5.34. The van der Waals surface area contributed by atoms with Crippen LogP contribution in [0.25, 0.3) is 11.5 Å². The van der Waals surface area contributed by atoms with Crippen LogP contribution in [0.1, 0.15) is 44.9 Å². The molecule has 1 unspecified atom stereocenters. The minimum Gasteiger partial charge on any atom is -0.339 e. The van der Waals surface area contributed by atoms with E-state index in [9.17, 15) is 4.79 Å². The summed E-state index contributed by atoms with van der Waals surface area (Å²) in [6.45, 7) is 3.00. The van der Waals surface area contributed by atoms with E-state index >= 15 is 0 Å². The second-order valence-corrected chi connectivity index (χ2v) is 7.28. The molecule has 0 radical (unpaired) electrons. The number of rotatable bonds is 5. The summed E-state index contributed by atoms with van der Waals surface area (Å²) in [4.78, 5) is 19.2. The third-order valence-corrected chi connectivity index (χ3v) is 5.34. The maximum Gasteiger partial charge on any atom is 0.257 e. The summed E-state index contributed by atoms with van der Waals surface area (Å²) < 4.78 is 5.36. The molecule has 1 amide bonds. The Morgan fingerprint density at radius 1 is 1.33 bits per heavy atom. The lowest BCUT2D eigenvalue weighted by Crippen LogP contribution is -2.40. The van der Waals surface area contributed by atoms with Gasteiger partial charge >= 0.3 is 0 Å². The van der Waals surface area contributed by atoms with Crippen LogP contribution in [0.4, 0.5) is 0 Å². The SMILES string of the molecule is CC1(C(=O)N2CCCC2CCc2noc(-c3ccccc3)n2)CC1. The molecule has 24 heavy (non-hydrogen) atoms. The number of aromatic nitrogens is 2. The highest BCUT2D eigenvalue weighted by Gasteiger charge is 2.48. The first-order chi connectivity index (χ1) is 11.7. The second-order valence-electron chi connectivity index (χ2n) is 7.28. The lowest BCUT2D eigenvalue weighted by Gasteiger charge is -2.27. The number of carbonyl (C=O) groups excluding carboxylic acids is 1. The summed E-state index contributed by atoms with van der Waals surface area (Å²) in [6.07, 6.45) is 5.94. The van der Waals surface area contributed by atoms with E-state index in [4.69, 9.17) is 4.52 Å². The smallest absolute Gasteiger partial charge is 0.257 e. The van der Waals surface area contributed by atoms with Crippen molar-refractivity contribution in [2.45, 2.75) is 51.5 Å². The molecule has 2 aliphatic rings. The van der Waals surface area contributed by atoms with E-state index in [-0.39, 0.29) is 5.41 Å². The number of nitrogens with zero attached hydrogens (tertiary/aromatic N) is 3. The van der Waals surface area contributed by atoms with E-state index in [0.717, 1.165) is 56.5 Å². The highest BCUT2D eigenvalue weighted by atomic mass is 16.5. The van der Waals surface area contributed by atoms with Gasteiger partial charge in [0.2, 0.25) is 5.91 Å². The van der Waals surface area contributed by atoms with E-state index in [1.807, 2.05) is 30.3 Å². The standard InChI is InChI=1S/C19H23N3O2/c1-19(11-12-19)18(23)22-13-5-8-15(22)9-10-16-20-17(24-21-16)14-6-3-2-4-7-14/h2-4,6-7,15H,5,8-13H2,1H3. The van der Waals surface area contributed by atoms with Crippen molar-refractivity contribution in [1.82, 2.24) is 15.0 Å². The Bertz CT molecular complexity index is 721. The van der Waals surface area contributed by atoms with Gasteiger partial charge < -0.3 is 9.42 Å². The number of carbonyl (C=O) groups is 1. The molecule has 2 heterocycles. The first-order valence-corrected chi connectivity index (χ1v) is 8.85. The lowest BCUT2D eigenvalue weighted by molar-refractivity contribution is -0.137. The highest BCUT2D eigenvalue weighted by molar-refractivity contribution is 5.85. The van der Waals surface area contributed by atoms with E-state index < -0.39 is 0 Å². The number of hydrogen-bond acceptors (Lipinski definition) is 4. The zero-order valence-corrected chi connectivity index (χ0v) is 14.1. The zero-order valence-electron chi connectivity index (χ0n) is 14.1. The van der Waals surface area contributed by atoms with Gasteiger partial charge in [0.15, 0.2) is 5.82 Å². The fraction of sp³-hybridized carbons (Fsp3) is 0.526. The van der Waals surface area contributed by atoms with Gasteiger partial charge in [-0.3, -0.25) is 4.79 Å². The Morgan fingerprint density at radius 2 is 2.12 bits per heavy atom. The third kappa shape index (κ3) is 2.95. The molecule has 126 valence electrons. The molecule has 1 saturated heterocycles. The molecule has 0 N–H and O–H groups in total. The maximum absolute atomic E-state index is 12.6. The molecule has 0 spiro atoms. The van der Waals surface area contributed by atoms with Crippen molar-refractivity contribution in [3.63, 3.8) is 0 Å². The monoisotopic (exact) mass is 325 g/mol. The minimum absolute atomic E-state index is 0.0742. The first-order valence-electron chi connectivity index (χ1n) is 8.85. The van der Waals surface area contributed by atoms with Crippen molar-refractivity contribution in [1.29, 1.82) is 0 Å². The molecule has 1 aliphatic carbocycles. The molecule has 1 saturated carbocycles. The quantitative estimate of drug-likeness (QED) is 0.844. The van der Waals surface area contributed by atoms with Crippen LogP contribution in [0, 0.1) is 5.41 Å². The van der Waals surface area contributed by atoms with Crippen LogP contribution >= 0.6 is 0 Å². The van der Waals surface area contributed by atoms with Gasteiger partial charge in [0.1, 0.15) is 0 Å². The molecule has 1 aromatic carbocycles. The molecule has 1 aromatic heterocycles. The Kier molecular flexibility index (Phi) is 3.87. The molecule has 1 aliphatic heterocycles. The number of amides is 1. The summed E-state index contributed by atoms with van der Waals surface area (Å²) in [5.74, 6) is 1.64. The molecular formula is C19H23N3O2. The summed E-state index contributed by atoms with van der Waals surface area (Å²) in [6, 6.07) is 10.1. The average molecular weight is 325 g/mol. The van der Waals surface area contributed by atoms with Crippen LogP contribution in [0.5, 0.6) is 0 Å². The maximum atomic E-state index is 12.6. The average Bonchev–Trinajstić information content (AvgIpc) is 3.05. The summed E-state index contributed by atoms with van der Waals surface area (Å²) in [5, 5.41) is 4.09. The minimum atomic E-state index is -0.0742. The van der Waals surface area contributed by atoms with Crippen LogP contribution in [0.15, 0.2) is 34.9 Å². The van der Waals surface area contributed by atoms with Gasteiger partial charge in [0.25, 0.3) is 5.89 Å².